The Morgan fingerprint density at radius 2 is 0.568 bits per heavy atom. The van der Waals surface area contributed by atoms with Crippen LogP contribution in [-0.2, 0) is 83.3 Å². The molecule has 216 valence electrons. The number of methoxy groups -OCH3 is 4. The summed E-state index contributed by atoms with van der Waals surface area (Å²) in [6, 6.07) is 0. The topological polar surface area (TPSA) is 234 Å². The standard InChI is InChI=1S/4C5H10O4.Zr/c4*1-8-2-3-9-4-5(6)7;/h4*2-4H2,1H3,(H,6,7);/q;;;;+4/p-4. The van der Waals surface area contributed by atoms with Gasteiger partial charge in [0.25, 0.3) is 0 Å². The fourth-order valence-electron chi connectivity index (χ4n) is 1.19. The predicted molar refractivity (Wildman–Crippen MR) is 111 cm³/mol. The fourth-order valence-corrected chi connectivity index (χ4v) is 1.19. The molecule has 0 amide bonds. The average molecular weight is 624 g/mol. The van der Waals surface area contributed by atoms with Crippen molar-refractivity contribution in [3.8, 4) is 0 Å². The van der Waals surface area contributed by atoms with Gasteiger partial charge in [-0.25, -0.2) is 0 Å². The van der Waals surface area contributed by atoms with Gasteiger partial charge in [0, 0.05) is 28.4 Å². The van der Waals surface area contributed by atoms with E-state index >= 15 is 0 Å². The third kappa shape index (κ3) is 72.0. The molecule has 0 saturated carbocycles. The van der Waals surface area contributed by atoms with Crippen LogP contribution in [0.1, 0.15) is 0 Å². The van der Waals surface area contributed by atoms with Gasteiger partial charge in [0.05, 0.1) is 103 Å². The Hall–Kier alpha value is -1.56. The van der Waals surface area contributed by atoms with Crippen molar-refractivity contribution in [1.82, 2.24) is 0 Å². The molecule has 0 atom stereocenters. The summed E-state index contributed by atoms with van der Waals surface area (Å²) in [4.78, 5) is 38.7. The van der Waals surface area contributed by atoms with Crippen LogP contribution in [0.2, 0.25) is 0 Å². The third-order valence-electron chi connectivity index (χ3n) is 2.61. The molecule has 0 N–H and O–H groups in total. The molecular formula is C20H36O16Zr. The first-order chi connectivity index (χ1) is 17.1. The van der Waals surface area contributed by atoms with E-state index in [2.05, 4.69) is 37.9 Å². The molecule has 0 radical (unpaired) electrons. The number of carbonyl (C=O) groups excluding carboxylic acids is 4. The van der Waals surface area contributed by atoms with Gasteiger partial charge in [-0.3, -0.25) is 0 Å². The zero-order chi connectivity index (χ0) is 28.5. The molecule has 0 aliphatic carbocycles. The van der Waals surface area contributed by atoms with Gasteiger partial charge in [0.2, 0.25) is 0 Å². The first kappa shape index (κ1) is 45.4. The van der Waals surface area contributed by atoms with Crippen molar-refractivity contribution in [3.63, 3.8) is 0 Å². The summed E-state index contributed by atoms with van der Waals surface area (Å²) < 4.78 is 36.5. The van der Waals surface area contributed by atoms with Gasteiger partial charge < -0.3 is 77.5 Å². The Morgan fingerprint density at radius 1 is 0.405 bits per heavy atom. The summed E-state index contributed by atoms with van der Waals surface area (Å²) in [5.74, 6) is -4.81. The van der Waals surface area contributed by atoms with Crippen LogP contribution in [0.5, 0.6) is 0 Å². The first-order valence-electron chi connectivity index (χ1n) is 10.1. The van der Waals surface area contributed by atoms with Gasteiger partial charge in [-0.1, -0.05) is 0 Å². The second-order valence-corrected chi connectivity index (χ2v) is 5.67. The number of aliphatic carboxylic acids is 4. The van der Waals surface area contributed by atoms with E-state index in [1.54, 1.807) is 0 Å². The van der Waals surface area contributed by atoms with Crippen LogP contribution < -0.4 is 20.4 Å². The molecule has 0 saturated heterocycles. The SMILES string of the molecule is COCCOCC(=O)[O-].COCCOCC(=O)[O-].COCCOCC(=O)[O-].COCCOCC(=O)[O-].[Zr+4]. The zero-order valence-electron chi connectivity index (χ0n) is 21.5. The quantitative estimate of drug-likeness (QED) is 0.115. The van der Waals surface area contributed by atoms with Gasteiger partial charge in [0.1, 0.15) is 0 Å². The van der Waals surface area contributed by atoms with E-state index < -0.39 is 23.9 Å². The van der Waals surface area contributed by atoms with E-state index in [-0.39, 0.29) is 52.6 Å². The van der Waals surface area contributed by atoms with Crippen molar-refractivity contribution in [2.45, 2.75) is 0 Å². The largest absolute Gasteiger partial charge is 4.00 e. The van der Waals surface area contributed by atoms with E-state index in [0.29, 0.717) is 52.9 Å². The molecule has 0 aromatic carbocycles. The van der Waals surface area contributed by atoms with Crippen molar-refractivity contribution in [3.05, 3.63) is 0 Å². The van der Waals surface area contributed by atoms with E-state index in [4.69, 9.17) is 0 Å². The van der Waals surface area contributed by atoms with Crippen LogP contribution in [0.4, 0.5) is 0 Å². The Labute approximate surface area is 235 Å². The number of hydrogen-bond acceptors (Lipinski definition) is 16. The summed E-state index contributed by atoms with van der Waals surface area (Å²) in [7, 11) is 6.06. The number of carboxylic acid groups (broad SMARTS) is 4. The number of ether oxygens (including phenoxy) is 8. The maximum absolute atomic E-state index is 9.69. The van der Waals surface area contributed by atoms with Crippen molar-refractivity contribution in [1.29, 1.82) is 0 Å². The fraction of sp³-hybridized carbons (Fsp3) is 0.800. The smallest absolute Gasteiger partial charge is 0.548 e. The van der Waals surface area contributed by atoms with Crippen molar-refractivity contribution < 1.29 is 104 Å². The Balaban J connectivity index is -0.000000122. The molecule has 0 aliphatic rings. The van der Waals surface area contributed by atoms with Crippen molar-refractivity contribution in [2.24, 2.45) is 0 Å². The van der Waals surface area contributed by atoms with Crippen LogP contribution in [0, 0.1) is 0 Å². The molecule has 0 aromatic rings. The minimum absolute atomic E-state index is 0. The van der Waals surface area contributed by atoms with Crippen LogP contribution in [0.3, 0.4) is 0 Å². The Kier molecular flexibility index (Phi) is 51.0. The average Bonchev–Trinajstić information content (AvgIpc) is 2.81. The second kappa shape index (κ2) is 41.6. The molecule has 37 heavy (non-hydrogen) atoms. The molecule has 0 aromatic heterocycles. The molecule has 0 unspecified atom stereocenters. The molecule has 0 aliphatic heterocycles. The zero-order valence-corrected chi connectivity index (χ0v) is 24.0. The van der Waals surface area contributed by atoms with Crippen LogP contribution in [0.15, 0.2) is 0 Å². The molecule has 0 bridgehead atoms. The van der Waals surface area contributed by atoms with Crippen molar-refractivity contribution in [2.75, 3.05) is 108 Å². The van der Waals surface area contributed by atoms with E-state index in [9.17, 15) is 39.6 Å². The molecule has 0 spiro atoms. The normalized spacial score (nSPS) is 9.19. The van der Waals surface area contributed by atoms with Gasteiger partial charge in [-0.2, -0.15) is 0 Å². The first-order valence-corrected chi connectivity index (χ1v) is 10.1. The monoisotopic (exact) mass is 622 g/mol. The van der Waals surface area contributed by atoms with Gasteiger partial charge in [-0.05, 0) is 0 Å². The maximum Gasteiger partial charge on any atom is 4.00 e. The van der Waals surface area contributed by atoms with E-state index in [1.807, 2.05) is 0 Å². The minimum atomic E-state index is -1.20. The summed E-state index contributed by atoms with van der Waals surface area (Å²) in [6.07, 6.45) is 0. The maximum atomic E-state index is 9.69. The van der Waals surface area contributed by atoms with E-state index in [1.165, 1.54) is 28.4 Å². The van der Waals surface area contributed by atoms with Gasteiger partial charge in [-0.15, -0.1) is 0 Å². The molecule has 17 heteroatoms. The predicted octanol–water partition coefficient (Wildman–Crippen LogP) is -6.41. The molecule has 0 heterocycles. The molecule has 16 nitrogen and oxygen atoms in total. The number of hydrogen-bond donors (Lipinski definition) is 0. The third-order valence-corrected chi connectivity index (χ3v) is 2.61. The Morgan fingerprint density at radius 3 is 0.676 bits per heavy atom. The molecule has 0 fully saturated rings. The number of rotatable bonds is 20. The summed E-state index contributed by atoms with van der Waals surface area (Å²) >= 11 is 0. The number of carboxylic acids is 4. The van der Waals surface area contributed by atoms with Crippen molar-refractivity contribution >= 4 is 23.9 Å². The molecule has 0 rings (SSSR count). The summed E-state index contributed by atoms with van der Waals surface area (Å²) in [5.41, 5.74) is 0. The van der Waals surface area contributed by atoms with Crippen LogP contribution in [0.25, 0.3) is 0 Å². The van der Waals surface area contributed by atoms with Crippen LogP contribution in [-0.4, -0.2) is 132 Å². The van der Waals surface area contributed by atoms with E-state index in [0.717, 1.165) is 0 Å². The van der Waals surface area contributed by atoms with Gasteiger partial charge in [0.15, 0.2) is 0 Å². The van der Waals surface area contributed by atoms with Crippen LogP contribution >= 0.6 is 0 Å². The Bertz CT molecular complexity index is 419. The molecular weight excluding hydrogens is 587 g/mol. The second-order valence-electron chi connectivity index (χ2n) is 5.67. The number of carbonyl (C=O) groups is 4. The minimum Gasteiger partial charge on any atom is -0.548 e. The summed E-state index contributed by atoms with van der Waals surface area (Å²) in [6.45, 7) is 1.39. The van der Waals surface area contributed by atoms with Gasteiger partial charge >= 0.3 is 26.2 Å². The summed E-state index contributed by atoms with van der Waals surface area (Å²) in [5, 5.41) is 38.7.